The van der Waals surface area contributed by atoms with Crippen LogP contribution in [0.4, 0.5) is 0 Å². The first-order valence-electron chi connectivity index (χ1n) is 4.49. The van der Waals surface area contributed by atoms with Gasteiger partial charge in [-0.1, -0.05) is 12.2 Å². The summed E-state index contributed by atoms with van der Waals surface area (Å²) in [6.07, 6.45) is 3.72. The number of aliphatic hydroxyl groups is 1. The molecule has 0 unspecified atom stereocenters. The number of carboxylic acid groups (broad SMARTS) is 1. The summed E-state index contributed by atoms with van der Waals surface area (Å²) < 4.78 is 0. The van der Waals surface area contributed by atoms with Gasteiger partial charge < -0.3 is 15.3 Å². The molecule has 0 bridgehead atoms. The molecule has 0 aromatic heterocycles. The number of benzene rings is 1. The molecule has 0 aliphatic rings. The van der Waals surface area contributed by atoms with Gasteiger partial charge in [0.05, 0.1) is 5.56 Å². The standard InChI is InChI=1S/C11H12O4/c12-6-2-1-3-8-7-9(11(14)15)4-5-10(8)13/h1,3-5,7,12-13H,2,6H2,(H,14,15). The number of rotatable bonds is 4. The first-order valence-corrected chi connectivity index (χ1v) is 4.49. The van der Waals surface area contributed by atoms with Gasteiger partial charge in [-0.25, -0.2) is 4.79 Å². The highest BCUT2D eigenvalue weighted by Gasteiger charge is 2.05. The van der Waals surface area contributed by atoms with Gasteiger partial charge in [0.25, 0.3) is 0 Å². The molecule has 0 aliphatic heterocycles. The van der Waals surface area contributed by atoms with Gasteiger partial charge >= 0.3 is 5.97 Å². The summed E-state index contributed by atoms with van der Waals surface area (Å²) in [7, 11) is 0. The molecule has 0 saturated heterocycles. The molecule has 0 radical (unpaired) electrons. The van der Waals surface area contributed by atoms with Crippen molar-refractivity contribution in [2.75, 3.05) is 6.61 Å². The Morgan fingerprint density at radius 1 is 1.40 bits per heavy atom. The van der Waals surface area contributed by atoms with Crippen LogP contribution in [-0.2, 0) is 0 Å². The van der Waals surface area contributed by atoms with Gasteiger partial charge in [0, 0.05) is 12.2 Å². The monoisotopic (exact) mass is 208 g/mol. The number of phenolic OH excluding ortho intramolecular Hbond substituents is 1. The average molecular weight is 208 g/mol. The number of hydrogen-bond acceptors (Lipinski definition) is 3. The summed E-state index contributed by atoms with van der Waals surface area (Å²) in [6.45, 7) is 0.0237. The van der Waals surface area contributed by atoms with Gasteiger partial charge in [-0.2, -0.15) is 0 Å². The number of phenols is 1. The van der Waals surface area contributed by atoms with Gasteiger partial charge in [0.2, 0.25) is 0 Å². The molecule has 0 spiro atoms. The van der Waals surface area contributed by atoms with Crippen LogP contribution >= 0.6 is 0 Å². The Labute approximate surface area is 87.1 Å². The molecule has 0 atom stereocenters. The number of aromatic hydroxyl groups is 1. The molecule has 0 saturated carbocycles. The van der Waals surface area contributed by atoms with Crippen LogP contribution in [0, 0.1) is 0 Å². The second kappa shape index (κ2) is 5.17. The lowest BCUT2D eigenvalue weighted by Gasteiger charge is -2.00. The molecule has 1 aromatic rings. The van der Waals surface area contributed by atoms with Crippen LogP contribution in [-0.4, -0.2) is 27.9 Å². The fourth-order valence-electron chi connectivity index (χ4n) is 1.11. The highest BCUT2D eigenvalue weighted by Crippen LogP contribution is 2.20. The largest absolute Gasteiger partial charge is 0.507 e. The minimum atomic E-state index is -1.04. The number of aromatic carboxylic acids is 1. The van der Waals surface area contributed by atoms with E-state index in [1.165, 1.54) is 18.2 Å². The van der Waals surface area contributed by atoms with E-state index < -0.39 is 5.97 Å². The molecule has 0 amide bonds. The lowest BCUT2D eigenvalue weighted by atomic mass is 10.1. The molecule has 80 valence electrons. The summed E-state index contributed by atoms with van der Waals surface area (Å²) in [5.74, 6) is -1.01. The summed E-state index contributed by atoms with van der Waals surface area (Å²) in [6, 6.07) is 4.05. The Kier molecular flexibility index (Phi) is 3.88. The molecule has 4 heteroatoms. The maximum atomic E-state index is 10.6. The Bertz CT molecular complexity index is 382. The van der Waals surface area contributed by atoms with Crippen LogP contribution in [0.1, 0.15) is 22.3 Å². The maximum absolute atomic E-state index is 10.6. The minimum absolute atomic E-state index is 0.0224. The van der Waals surface area contributed by atoms with Crippen LogP contribution in [0.2, 0.25) is 0 Å². The summed E-state index contributed by atoms with van der Waals surface area (Å²) in [5.41, 5.74) is 0.555. The van der Waals surface area contributed by atoms with Crippen LogP contribution in [0.3, 0.4) is 0 Å². The quantitative estimate of drug-likeness (QED) is 0.700. The Hall–Kier alpha value is -1.81. The van der Waals surface area contributed by atoms with E-state index in [1.807, 2.05) is 0 Å². The van der Waals surface area contributed by atoms with E-state index >= 15 is 0 Å². The molecule has 1 aromatic carbocycles. The van der Waals surface area contributed by atoms with Gasteiger partial charge in [0.15, 0.2) is 0 Å². The first kappa shape index (κ1) is 11.3. The van der Waals surface area contributed by atoms with E-state index in [4.69, 9.17) is 10.2 Å². The number of aliphatic hydroxyl groups excluding tert-OH is 1. The van der Waals surface area contributed by atoms with E-state index in [-0.39, 0.29) is 17.9 Å². The summed E-state index contributed by atoms with van der Waals surface area (Å²) >= 11 is 0. The number of carboxylic acids is 1. The van der Waals surface area contributed by atoms with Gasteiger partial charge in [-0.05, 0) is 24.6 Å². The van der Waals surface area contributed by atoms with Crippen molar-refractivity contribution < 1.29 is 20.1 Å². The molecule has 1 rings (SSSR count). The maximum Gasteiger partial charge on any atom is 0.335 e. The fourth-order valence-corrected chi connectivity index (χ4v) is 1.11. The van der Waals surface area contributed by atoms with Crippen molar-refractivity contribution in [2.45, 2.75) is 6.42 Å². The zero-order valence-corrected chi connectivity index (χ0v) is 8.05. The second-order valence-corrected chi connectivity index (χ2v) is 2.99. The molecular weight excluding hydrogens is 196 g/mol. The van der Waals surface area contributed by atoms with Crippen LogP contribution in [0.25, 0.3) is 6.08 Å². The average Bonchev–Trinajstić information content (AvgIpc) is 2.20. The molecule has 15 heavy (non-hydrogen) atoms. The second-order valence-electron chi connectivity index (χ2n) is 2.99. The van der Waals surface area contributed by atoms with E-state index in [2.05, 4.69) is 0 Å². The fraction of sp³-hybridized carbons (Fsp3) is 0.182. The Morgan fingerprint density at radius 3 is 2.73 bits per heavy atom. The SMILES string of the molecule is O=C(O)c1ccc(O)c(C=CCCO)c1. The van der Waals surface area contributed by atoms with Crippen molar-refractivity contribution in [2.24, 2.45) is 0 Å². The van der Waals surface area contributed by atoms with Crippen LogP contribution in [0.5, 0.6) is 5.75 Å². The highest BCUT2D eigenvalue weighted by atomic mass is 16.4. The Morgan fingerprint density at radius 2 is 2.13 bits per heavy atom. The van der Waals surface area contributed by atoms with E-state index in [0.717, 1.165) is 0 Å². The van der Waals surface area contributed by atoms with Gasteiger partial charge in [0.1, 0.15) is 5.75 Å². The predicted molar refractivity (Wildman–Crippen MR) is 55.8 cm³/mol. The van der Waals surface area contributed by atoms with Gasteiger partial charge in [-0.3, -0.25) is 0 Å². The van der Waals surface area contributed by atoms with Crippen molar-refractivity contribution >= 4 is 12.0 Å². The van der Waals surface area contributed by atoms with E-state index in [9.17, 15) is 9.90 Å². The lowest BCUT2D eigenvalue weighted by molar-refractivity contribution is 0.0697. The minimum Gasteiger partial charge on any atom is -0.507 e. The molecule has 3 N–H and O–H groups in total. The predicted octanol–water partition coefficient (Wildman–Crippen LogP) is 1.49. The molecule has 0 heterocycles. The lowest BCUT2D eigenvalue weighted by Crippen LogP contribution is -1.95. The van der Waals surface area contributed by atoms with E-state index in [1.54, 1.807) is 12.2 Å². The van der Waals surface area contributed by atoms with Crippen molar-refractivity contribution in [1.29, 1.82) is 0 Å². The van der Waals surface area contributed by atoms with Crippen molar-refractivity contribution in [3.05, 3.63) is 35.4 Å². The van der Waals surface area contributed by atoms with E-state index in [0.29, 0.717) is 12.0 Å². The van der Waals surface area contributed by atoms with Crippen molar-refractivity contribution in [1.82, 2.24) is 0 Å². The highest BCUT2D eigenvalue weighted by molar-refractivity contribution is 5.88. The third-order valence-corrected chi connectivity index (χ3v) is 1.87. The summed E-state index contributed by atoms with van der Waals surface area (Å²) in [5, 5.41) is 26.7. The normalized spacial score (nSPS) is 10.7. The smallest absolute Gasteiger partial charge is 0.335 e. The molecule has 4 nitrogen and oxygen atoms in total. The number of carbonyl (C=O) groups is 1. The Balaban J connectivity index is 2.95. The van der Waals surface area contributed by atoms with Gasteiger partial charge in [-0.15, -0.1) is 0 Å². The molecule has 0 aliphatic carbocycles. The molecular formula is C11H12O4. The zero-order chi connectivity index (χ0) is 11.3. The van der Waals surface area contributed by atoms with Crippen molar-refractivity contribution in [3.63, 3.8) is 0 Å². The zero-order valence-electron chi connectivity index (χ0n) is 8.05. The van der Waals surface area contributed by atoms with Crippen LogP contribution in [0.15, 0.2) is 24.3 Å². The molecule has 0 fully saturated rings. The third-order valence-electron chi connectivity index (χ3n) is 1.87. The topological polar surface area (TPSA) is 77.8 Å². The summed E-state index contributed by atoms with van der Waals surface area (Å²) in [4.78, 5) is 10.6. The third kappa shape index (κ3) is 3.11. The van der Waals surface area contributed by atoms with Crippen LogP contribution < -0.4 is 0 Å². The first-order chi connectivity index (χ1) is 7.15. The number of hydrogen-bond donors (Lipinski definition) is 3. The van der Waals surface area contributed by atoms with Crippen molar-refractivity contribution in [3.8, 4) is 5.75 Å².